The third-order valence-corrected chi connectivity index (χ3v) is 4.29. The second-order valence-corrected chi connectivity index (χ2v) is 5.58. The summed E-state index contributed by atoms with van der Waals surface area (Å²) in [6, 6.07) is 0. The number of aromatic nitrogens is 2. The highest BCUT2D eigenvalue weighted by atomic mass is 35.5. The molecule has 0 saturated heterocycles. The van der Waals surface area contributed by atoms with Gasteiger partial charge in [0.2, 0.25) is 0 Å². The van der Waals surface area contributed by atoms with Gasteiger partial charge in [-0.2, -0.15) is 5.10 Å². The van der Waals surface area contributed by atoms with Gasteiger partial charge in [0.1, 0.15) is 0 Å². The third-order valence-electron chi connectivity index (χ3n) is 4.03. The van der Waals surface area contributed by atoms with Gasteiger partial charge in [0.15, 0.2) is 0 Å². The number of aryl methyl sites for hydroxylation is 1. The van der Waals surface area contributed by atoms with Gasteiger partial charge in [-0.15, -0.1) is 11.6 Å². The number of hydrogen-bond acceptors (Lipinski definition) is 1. The van der Waals surface area contributed by atoms with Crippen LogP contribution < -0.4 is 0 Å². The lowest BCUT2D eigenvalue weighted by Gasteiger charge is -2.16. The minimum Gasteiger partial charge on any atom is -0.269 e. The quantitative estimate of drug-likeness (QED) is 0.586. The molecule has 0 fully saturated rings. The molecule has 0 N–H and O–H groups in total. The first kappa shape index (κ1) is 16.6. The first-order valence-electron chi connectivity index (χ1n) is 7.84. The van der Waals surface area contributed by atoms with Crippen LogP contribution in [0.3, 0.4) is 0 Å². The minimum absolute atomic E-state index is 0.595. The maximum absolute atomic E-state index is 6.11. The Hall–Kier alpha value is -0.500. The second kappa shape index (κ2) is 8.63. The fraction of sp³-hybridized carbons (Fsp3) is 0.812. The van der Waals surface area contributed by atoms with E-state index in [-0.39, 0.29) is 0 Å². The molecule has 0 aromatic carbocycles. The van der Waals surface area contributed by atoms with E-state index in [1.807, 2.05) is 0 Å². The molecule has 2 nitrogen and oxygen atoms in total. The summed E-state index contributed by atoms with van der Waals surface area (Å²) in [5.74, 6) is 1.34. The maximum Gasteiger partial charge on any atom is 0.0668 e. The zero-order chi connectivity index (χ0) is 14.3. The Morgan fingerprint density at radius 1 is 1.16 bits per heavy atom. The molecule has 1 aromatic heterocycles. The van der Waals surface area contributed by atoms with Gasteiger partial charge >= 0.3 is 0 Å². The van der Waals surface area contributed by atoms with Crippen molar-refractivity contribution < 1.29 is 0 Å². The molecule has 1 unspecified atom stereocenters. The molecule has 3 heteroatoms. The van der Waals surface area contributed by atoms with Gasteiger partial charge < -0.3 is 0 Å². The van der Waals surface area contributed by atoms with E-state index < -0.39 is 0 Å². The van der Waals surface area contributed by atoms with E-state index in [0.717, 1.165) is 25.3 Å². The number of halogens is 1. The smallest absolute Gasteiger partial charge is 0.0668 e. The first-order valence-corrected chi connectivity index (χ1v) is 8.38. The van der Waals surface area contributed by atoms with Crippen molar-refractivity contribution in [2.75, 3.05) is 0 Å². The van der Waals surface area contributed by atoms with E-state index >= 15 is 0 Å². The maximum atomic E-state index is 6.11. The van der Waals surface area contributed by atoms with Crippen molar-refractivity contribution in [2.45, 2.75) is 78.6 Å². The molecular weight excluding hydrogens is 256 g/mol. The summed E-state index contributed by atoms with van der Waals surface area (Å²) in [6.45, 7) is 9.98. The fourth-order valence-corrected chi connectivity index (χ4v) is 3.04. The Labute approximate surface area is 123 Å². The SMILES string of the molecule is CCCCC(CC)Cn1nc(CC)c(CCl)c1CC. The largest absolute Gasteiger partial charge is 0.269 e. The zero-order valence-corrected chi connectivity index (χ0v) is 13.8. The molecule has 110 valence electrons. The molecule has 1 heterocycles. The average molecular weight is 285 g/mol. The summed E-state index contributed by atoms with van der Waals surface area (Å²) in [7, 11) is 0. The molecule has 1 aromatic rings. The first-order chi connectivity index (χ1) is 9.21. The van der Waals surface area contributed by atoms with Gasteiger partial charge in [0.05, 0.1) is 11.6 Å². The van der Waals surface area contributed by atoms with Crippen LogP contribution in [0.25, 0.3) is 0 Å². The average Bonchev–Trinajstić information content (AvgIpc) is 2.79. The summed E-state index contributed by atoms with van der Waals surface area (Å²) in [6.07, 6.45) is 7.16. The van der Waals surface area contributed by atoms with Crippen LogP contribution in [0.1, 0.15) is 70.3 Å². The highest BCUT2D eigenvalue weighted by Gasteiger charge is 2.16. The van der Waals surface area contributed by atoms with Crippen molar-refractivity contribution >= 4 is 11.6 Å². The van der Waals surface area contributed by atoms with Crippen molar-refractivity contribution in [1.82, 2.24) is 9.78 Å². The number of nitrogens with zero attached hydrogens (tertiary/aromatic N) is 2. The van der Waals surface area contributed by atoms with Crippen LogP contribution in [0.15, 0.2) is 0 Å². The van der Waals surface area contributed by atoms with E-state index in [1.165, 1.54) is 42.6 Å². The van der Waals surface area contributed by atoms with Crippen LogP contribution >= 0.6 is 11.6 Å². The fourth-order valence-electron chi connectivity index (χ4n) is 2.74. The van der Waals surface area contributed by atoms with Crippen LogP contribution in [-0.4, -0.2) is 9.78 Å². The van der Waals surface area contributed by atoms with E-state index in [2.05, 4.69) is 32.4 Å². The predicted octanol–water partition coefficient (Wildman–Crippen LogP) is 4.96. The monoisotopic (exact) mass is 284 g/mol. The third kappa shape index (κ3) is 4.24. The Morgan fingerprint density at radius 2 is 1.89 bits per heavy atom. The molecule has 0 spiro atoms. The topological polar surface area (TPSA) is 17.8 Å². The van der Waals surface area contributed by atoms with Crippen LogP contribution in [0, 0.1) is 5.92 Å². The normalized spacial score (nSPS) is 12.9. The van der Waals surface area contributed by atoms with Crippen molar-refractivity contribution in [1.29, 1.82) is 0 Å². The van der Waals surface area contributed by atoms with Gasteiger partial charge in [-0.05, 0) is 25.2 Å². The van der Waals surface area contributed by atoms with E-state index in [9.17, 15) is 0 Å². The molecule has 0 radical (unpaired) electrons. The van der Waals surface area contributed by atoms with Crippen molar-refractivity contribution in [3.8, 4) is 0 Å². The number of alkyl halides is 1. The molecule has 0 aliphatic heterocycles. The lowest BCUT2D eigenvalue weighted by molar-refractivity contribution is 0.365. The Morgan fingerprint density at radius 3 is 2.37 bits per heavy atom. The van der Waals surface area contributed by atoms with Crippen LogP contribution in [0.4, 0.5) is 0 Å². The highest BCUT2D eigenvalue weighted by molar-refractivity contribution is 6.17. The Kier molecular flexibility index (Phi) is 7.52. The van der Waals surface area contributed by atoms with E-state index in [0.29, 0.717) is 5.88 Å². The van der Waals surface area contributed by atoms with Crippen LogP contribution in [-0.2, 0) is 25.3 Å². The van der Waals surface area contributed by atoms with Gasteiger partial charge in [-0.3, -0.25) is 4.68 Å². The standard InChI is InChI=1S/C16H29ClN2/c1-5-9-10-13(6-2)12-19-16(8-4)14(11-17)15(7-3)18-19/h13H,5-12H2,1-4H3. The van der Waals surface area contributed by atoms with Crippen molar-refractivity contribution in [3.63, 3.8) is 0 Å². The zero-order valence-electron chi connectivity index (χ0n) is 13.0. The lowest BCUT2D eigenvalue weighted by Crippen LogP contribution is -2.14. The number of hydrogen-bond donors (Lipinski definition) is 0. The second-order valence-electron chi connectivity index (χ2n) is 5.31. The lowest BCUT2D eigenvalue weighted by atomic mass is 9.99. The summed E-state index contributed by atoms with van der Waals surface area (Å²) in [5.41, 5.74) is 3.82. The van der Waals surface area contributed by atoms with E-state index in [1.54, 1.807) is 0 Å². The molecular formula is C16H29ClN2. The van der Waals surface area contributed by atoms with Gasteiger partial charge in [-0.25, -0.2) is 0 Å². The Balaban J connectivity index is 2.89. The summed E-state index contributed by atoms with van der Waals surface area (Å²) >= 11 is 6.11. The highest BCUT2D eigenvalue weighted by Crippen LogP contribution is 2.22. The van der Waals surface area contributed by atoms with Crippen LogP contribution in [0.5, 0.6) is 0 Å². The molecule has 1 rings (SSSR count). The molecule has 0 aliphatic carbocycles. The van der Waals surface area contributed by atoms with Crippen molar-refractivity contribution in [2.24, 2.45) is 5.92 Å². The van der Waals surface area contributed by atoms with Gasteiger partial charge in [0.25, 0.3) is 0 Å². The predicted molar refractivity (Wildman–Crippen MR) is 83.8 cm³/mol. The molecule has 0 aliphatic rings. The summed E-state index contributed by atoms with van der Waals surface area (Å²) in [5, 5.41) is 4.80. The van der Waals surface area contributed by atoms with E-state index in [4.69, 9.17) is 16.7 Å². The van der Waals surface area contributed by atoms with Crippen LogP contribution in [0.2, 0.25) is 0 Å². The number of unbranched alkanes of at least 4 members (excludes halogenated alkanes) is 1. The molecule has 0 saturated carbocycles. The van der Waals surface area contributed by atoms with Gasteiger partial charge in [-0.1, -0.05) is 47.0 Å². The number of rotatable bonds is 9. The minimum atomic E-state index is 0.595. The van der Waals surface area contributed by atoms with Crippen molar-refractivity contribution in [3.05, 3.63) is 17.0 Å². The summed E-state index contributed by atoms with van der Waals surface area (Å²) in [4.78, 5) is 0. The molecule has 0 amide bonds. The molecule has 19 heavy (non-hydrogen) atoms. The summed E-state index contributed by atoms with van der Waals surface area (Å²) < 4.78 is 2.24. The molecule has 1 atom stereocenters. The van der Waals surface area contributed by atoms with Gasteiger partial charge in [0, 0.05) is 17.8 Å². The molecule has 0 bridgehead atoms. The Bertz CT molecular complexity index is 371.